The second-order valence-electron chi connectivity index (χ2n) is 6.54. The van der Waals surface area contributed by atoms with Gasteiger partial charge in [-0.2, -0.15) is 0 Å². The van der Waals surface area contributed by atoms with Gasteiger partial charge in [0.05, 0.1) is 0 Å². The number of hydrogen-bond acceptors (Lipinski definition) is 2. The number of likely N-dealkylation sites (tertiary alicyclic amines) is 1. The zero-order chi connectivity index (χ0) is 14.5. The fourth-order valence-corrected chi connectivity index (χ4v) is 2.95. The van der Waals surface area contributed by atoms with Crippen molar-refractivity contribution in [1.29, 1.82) is 0 Å². The van der Waals surface area contributed by atoms with Crippen LogP contribution in [0.15, 0.2) is 24.3 Å². The van der Waals surface area contributed by atoms with Gasteiger partial charge >= 0.3 is 0 Å². The second kappa shape index (κ2) is 7.24. The minimum atomic E-state index is 0.432. The Labute approximate surface area is 124 Å². The van der Waals surface area contributed by atoms with Crippen molar-refractivity contribution in [2.75, 3.05) is 19.6 Å². The summed E-state index contributed by atoms with van der Waals surface area (Å²) in [6.07, 6.45) is 2.74. The molecule has 0 amide bonds. The Morgan fingerprint density at radius 3 is 2.05 bits per heavy atom. The Hall–Kier alpha value is -0.860. The van der Waals surface area contributed by atoms with Gasteiger partial charge in [0.2, 0.25) is 0 Å². The van der Waals surface area contributed by atoms with Gasteiger partial charge in [0.1, 0.15) is 0 Å². The Kier molecular flexibility index (Phi) is 5.62. The summed E-state index contributed by atoms with van der Waals surface area (Å²) in [6.45, 7) is 12.7. The number of benzene rings is 1. The first kappa shape index (κ1) is 15.5. The van der Waals surface area contributed by atoms with Crippen molar-refractivity contribution in [3.63, 3.8) is 0 Å². The first-order valence-electron chi connectivity index (χ1n) is 8.15. The van der Waals surface area contributed by atoms with Gasteiger partial charge in [0, 0.05) is 18.6 Å². The van der Waals surface area contributed by atoms with Crippen LogP contribution in [0, 0.1) is 0 Å². The number of rotatable bonds is 6. The first-order valence-corrected chi connectivity index (χ1v) is 8.15. The van der Waals surface area contributed by atoms with Crippen LogP contribution in [0.5, 0.6) is 0 Å². The maximum Gasteiger partial charge on any atom is 0.0292 e. The van der Waals surface area contributed by atoms with Gasteiger partial charge in [0.15, 0.2) is 0 Å². The van der Waals surface area contributed by atoms with Crippen LogP contribution in [0.1, 0.15) is 63.6 Å². The molecule has 1 N–H and O–H groups in total. The van der Waals surface area contributed by atoms with E-state index in [1.165, 1.54) is 37.1 Å². The van der Waals surface area contributed by atoms with Gasteiger partial charge < -0.3 is 5.32 Å². The Balaban J connectivity index is 1.83. The predicted octanol–water partition coefficient (Wildman–Crippen LogP) is 3.94. The van der Waals surface area contributed by atoms with Crippen LogP contribution in [0.25, 0.3) is 0 Å². The molecule has 0 aliphatic carbocycles. The second-order valence-corrected chi connectivity index (χ2v) is 6.54. The van der Waals surface area contributed by atoms with Crippen molar-refractivity contribution in [3.05, 3.63) is 35.4 Å². The molecule has 2 atom stereocenters. The third-order valence-electron chi connectivity index (χ3n) is 4.59. The monoisotopic (exact) mass is 274 g/mol. The minimum absolute atomic E-state index is 0.432. The molecular weight excluding hydrogens is 244 g/mol. The van der Waals surface area contributed by atoms with Crippen LogP contribution in [-0.2, 0) is 0 Å². The molecule has 1 aliphatic rings. The van der Waals surface area contributed by atoms with E-state index >= 15 is 0 Å². The summed E-state index contributed by atoms with van der Waals surface area (Å²) >= 11 is 0. The van der Waals surface area contributed by atoms with Crippen molar-refractivity contribution in [2.24, 2.45) is 0 Å². The maximum absolute atomic E-state index is 3.68. The van der Waals surface area contributed by atoms with Gasteiger partial charge in [-0.25, -0.2) is 0 Å². The molecule has 1 saturated heterocycles. The van der Waals surface area contributed by atoms with Gasteiger partial charge in [-0.15, -0.1) is 0 Å². The zero-order valence-corrected chi connectivity index (χ0v) is 13.5. The highest BCUT2D eigenvalue weighted by molar-refractivity contribution is 5.26. The van der Waals surface area contributed by atoms with E-state index in [9.17, 15) is 0 Å². The van der Waals surface area contributed by atoms with E-state index in [-0.39, 0.29) is 0 Å². The molecule has 0 spiro atoms. The highest BCUT2D eigenvalue weighted by Gasteiger charge is 2.18. The molecule has 0 bridgehead atoms. The van der Waals surface area contributed by atoms with E-state index < -0.39 is 0 Å². The van der Waals surface area contributed by atoms with Crippen molar-refractivity contribution in [3.8, 4) is 0 Å². The molecule has 1 aromatic rings. The van der Waals surface area contributed by atoms with Gasteiger partial charge in [-0.05, 0) is 56.8 Å². The van der Waals surface area contributed by atoms with Crippen molar-refractivity contribution < 1.29 is 0 Å². The third-order valence-corrected chi connectivity index (χ3v) is 4.59. The lowest BCUT2D eigenvalue weighted by atomic mass is 9.99. The smallest absolute Gasteiger partial charge is 0.0292 e. The van der Waals surface area contributed by atoms with E-state index in [0.717, 1.165) is 6.54 Å². The Morgan fingerprint density at radius 1 is 0.950 bits per heavy atom. The molecule has 1 aliphatic heterocycles. The quantitative estimate of drug-likeness (QED) is 0.845. The summed E-state index contributed by atoms with van der Waals surface area (Å²) in [7, 11) is 0. The van der Waals surface area contributed by atoms with Crippen LogP contribution in [0.2, 0.25) is 0 Å². The summed E-state index contributed by atoms with van der Waals surface area (Å²) in [5, 5.41) is 3.68. The summed E-state index contributed by atoms with van der Waals surface area (Å²) in [6, 6.07) is 10.2. The summed E-state index contributed by atoms with van der Waals surface area (Å²) in [5.74, 6) is 0.613. The molecule has 1 fully saturated rings. The molecule has 112 valence electrons. The lowest BCUT2D eigenvalue weighted by molar-refractivity contribution is 0.247. The molecule has 0 saturated carbocycles. The predicted molar refractivity (Wildman–Crippen MR) is 87.2 cm³/mol. The minimum Gasteiger partial charge on any atom is -0.309 e. The highest BCUT2D eigenvalue weighted by Crippen LogP contribution is 2.19. The van der Waals surface area contributed by atoms with Crippen molar-refractivity contribution in [1.82, 2.24) is 10.2 Å². The summed E-state index contributed by atoms with van der Waals surface area (Å²) in [4.78, 5) is 2.60. The van der Waals surface area contributed by atoms with Crippen LogP contribution >= 0.6 is 0 Å². The van der Waals surface area contributed by atoms with Crippen molar-refractivity contribution in [2.45, 2.75) is 58.5 Å². The Bertz CT molecular complexity index is 390. The highest BCUT2D eigenvalue weighted by atomic mass is 15.2. The first-order chi connectivity index (χ1) is 9.58. The topological polar surface area (TPSA) is 15.3 Å². The van der Waals surface area contributed by atoms with Gasteiger partial charge in [-0.3, -0.25) is 4.90 Å². The lowest BCUT2D eigenvalue weighted by Crippen LogP contribution is -2.39. The molecule has 20 heavy (non-hydrogen) atoms. The molecular formula is C18H30N2. The molecule has 2 heteroatoms. The van der Waals surface area contributed by atoms with Gasteiger partial charge in [0.25, 0.3) is 0 Å². The molecule has 1 heterocycles. The standard InChI is InChI=1S/C18H30N2/c1-14(2)17-7-9-18(10-8-17)16(4)19-13-15(3)20-11-5-6-12-20/h7-10,14-16,19H,5-6,11-13H2,1-4H3. The van der Waals surface area contributed by atoms with E-state index in [1.807, 2.05) is 0 Å². The largest absolute Gasteiger partial charge is 0.309 e. The molecule has 2 unspecified atom stereocenters. The van der Waals surface area contributed by atoms with E-state index in [1.54, 1.807) is 0 Å². The van der Waals surface area contributed by atoms with Crippen LogP contribution < -0.4 is 5.32 Å². The number of nitrogens with one attached hydrogen (secondary N) is 1. The molecule has 1 aromatic carbocycles. The normalized spacial score (nSPS) is 19.4. The van der Waals surface area contributed by atoms with Crippen LogP contribution in [0.4, 0.5) is 0 Å². The SMILES string of the molecule is CC(C)c1ccc(C(C)NCC(C)N2CCCC2)cc1. The maximum atomic E-state index is 3.68. The van der Waals surface area contributed by atoms with E-state index in [2.05, 4.69) is 62.2 Å². The fraction of sp³-hybridized carbons (Fsp3) is 0.667. The van der Waals surface area contributed by atoms with Crippen LogP contribution in [0.3, 0.4) is 0 Å². The zero-order valence-electron chi connectivity index (χ0n) is 13.5. The van der Waals surface area contributed by atoms with E-state index in [4.69, 9.17) is 0 Å². The van der Waals surface area contributed by atoms with Crippen molar-refractivity contribution >= 4 is 0 Å². The fourth-order valence-electron chi connectivity index (χ4n) is 2.95. The molecule has 0 radical (unpaired) electrons. The third kappa shape index (κ3) is 4.07. The lowest BCUT2D eigenvalue weighted by Gasteiger charge is -2.26. The molecule has 2 nitrogen and oxygen atoms in total. The average molecular weight is 274 g/mol. The number of hydrogen-bond donors (Lipinski definition) is 1. The molecule has 0 aromatic heterocycles. The summed E-state index contributed by atoms with van der Waals surface area (Å²) < 4.78 is 0. The van der Waals surface area contributed by atoms with Crippen LogP contribution in [-0.4, -0.2) is 30.6 Å². The summed E-state index contributed by atoms with van der Waals surface area (Å²) in [5.41, 5.74) is 2.81. The molecule has 2 rings (SSSR count). The average Bonchev–Trinajstić information content (AvgIpc) is 2.98. The number of nitrogens with zero attached hydrogens (tertiary/aromatic N) is 1. The van der Waals surface area contributed by atoms with Gasteiger partial charge in [-0.1, -0.05) is 38.1 Å². The Morgan fingerprint density at radius 2 is 1.50 bits per heavy atom. The van der Waals surface area contributed by atoms with E-state index in [0.29, 0.717) is 18.0 Å².